The summed E-state index contributed by atoms with van der Waals surface area (Å²) in [7, 11) is 0. The second kappa shape index (κ2) is 5.33. The zero-order valence-corrected chi connectivity index (χ0v) is 14.1. The summed E-state index contributed by atoms with van der Waals surface area (Å²) in [5.41, 5.74) is 4.66. The molecule has 2 unspecified atom stereocenters. The van der Waals surface area contributed by atoms with E-state index in [0.29, 0.717) is 5.92 Å². The SMILES string of the molecule is C=C(NC(C)(C)c1ccc2c(n1)C1CC1CN2)c1ccc(F)cc1. The molecule has 0 saturated heterocycles. The van der Waals surface area contributed by atoms with Crippen molar-refractivity contribution in [2.45, 2.75) is 31.7 Å². The van der Waals surface area contributed by atoms with Crippen molar-refractivity contribution in [3.05, 3.63) is 65.7 Å². The van der Waals surface area contributed by atoms with Gasteiger partial charge in [-0.15, -0.1) is 0 Å². The Kier molecular flexibility index (Phi) is 3.37. The molecule has 1 aromatic heterocycles. The minimum absolute atomic E-state index is 0.242. The molecular formula is C20H22FN3. The lowest BCUT2D eigenvalue weighted by molar-refractivity contribution is 0.459. The monoisotopic (exact) mass is 323 g/mol. The molecule has 24 heavy (non-hydrogen) atoms. The van der Waals surface area contributed by atoms with Crippen LogP contribution in [0.5, 0.6) is 0 Å². The average molecular weight is 323 g/mol. The molecule has 0 amide bonds. The molecule has 2 N–H and O–H groups in total. The highest BCUT2D eigenvalue weighted by Gasteiger charge is 2.44. The van der Waals surface area contributed by atoms with Gasteiger partial charge in [0.05, 0.1) is 22.6 Å². The van der Waals surface area contributed by atoms with Gasteiger partial charge in [0.2, 0.25) is 0 Å². The molecule has 0 bridgehead atoms. The van der Waals surface area contributed by atoms with Gasteiger partial charge >= 0.3 is 0 Å². The van der Waals surface area contributed by atoms with Crippen molar-refractivity contribution in [2.24, 2.45) is 5.92 Å². The Morgan fingerprint density at radius 3 is 2.75 bits per heavy atom. The summed E-state index contributed by atoms with van der Waals surface area (Å²) in [6.45, 7) is 9.36. The molecule has 4 rings (SSSR count). The molecule has 1 aliphatic heterocycles. The van der Waals surface area contributed by atoms with Gasteiger partial charge in [-0.2, -0.15) is 0 Å². The van der Waals surface area contributed by atoms with E-state index in [1.807, 2.05) is 0 Å². The maximum absolute atomic E-state index is 13.1. The first kappa shape index (κ1) is 15.2. The van der Waals surface area contributed by atoms with Gasteiger partial charge in [-0.1, -0.05) is 18.7 Å². The minimum Gasteiger partial charge on any atom is -0.383 e. The van der Waals surface area contributed by atoms with Gasteiger partial charge in [-0.05, 0) is 56.0 Å². The van der Waals surface area contributed by atoms with Crippen molar-refractivity contribution < 1.29 is 4.39 Å². The fourth-order valence-corrected chi connectivity index (χ4v) is 3.47. The van der Waals surface area contributed by atoms with Crippen molar-refractivity contribution >= 4 is 11.4 Å². The number of fused-ring (bicyclic) bond motifs is 3. The van der Waals surface area contributed by atoms with Crippen LogP contribution in [0.2, 0.25) is 0 Å². The highest BCUT2D eigenvalue weighted by Crippen LogP contribution is 2.52. The summed E-state index contributed by atoms with van der Waals surface area (Å²) in [6, 6.07) is 10.6. The van der Waals surface area contributed by atoms with Gasteiger partial charge in [0.25, 0.3) is 0 Å². The van der Waals surface area contributed by atoms with E-state index in [1.54, 1.807) is 12.1 Å². The molecule has 2 aromatic rings. The third-order valence-corrected chi connectivity index (χ3v) is 5.05. The topological polar surface area (TPSA) is 37.0 Å². The van der Waals surface area contributed by atoms with E-state index in [9.17, 15) is 4.39 Å². The third kappa shape index (κ3) is 2.66. The van der Waals surface area contributed by atoms with Crippen LogP contribution in [0.3, 0.4) is 0 Å². The van der Waals surface area contributed by atoms with Gasteiger partial charge in [0, 0.05) is 18.2 Å². The number of halogens is 1. The molecule has 2 heterocycles. The number of hydrogen-bond donors (Lipinski definition) is 2. The van der Waals surface area contributed by atoms with E-state index in [-0.39, 0.29) is 11.4 Å². The van der Waals surface area contributed by atoms with Crippen molar-refractivity contribution in [1.29, 1.82) is 0 Å². The number of hydrogen-bond acceptors (Lipinski definition) is 3. The molecule has 3 nitrogen and oxygen atoms in total. The lowest BCUT2D eigenvalue weighted by atomic mass is 9.96. The number of aromatic nitrogens is 1. The largest absolute Gasteiger partial charge is 0.383 e. The summed E-state index contributed by atoms with van der Waals surface area (Å²) in [4.78, 5) is 4.94. The number of nitrogens with one attached hydrogen (secondary N) is 2. The second-order valence-corrected chi connectivity index (χ2v) is 7.35. The number of anilines is 1. The van der Waals surface area contributed by atoms with Crippen LogP contribution >= 0.6 is 0 Å². The van der Waals surface area contributed by atoms with Gasteiger partial charge < -0.3 is 10.6 Å². The predicted molar refractivity (Wildman–Crippen MR) is 95.2 cm³/mol. The molecule has 2 aliphatic rings. The van der Waals surface area contributed by atoms with E-state index in [1.165, 1.54) is 29.9 Å². The molecular weight excluding hydrogens is 301 g/mol. The van der Waals surface area contributed by atoms with Crippen molar-refractivity contribution in [1.82, 2.24) is 10.3 Å². The Bertz CT molecular complexity index is 795. The molecule has 1 aliphatic carbocycles. The molecule has 1 fully saturated rings. The maximum Gasteiger partial charge on any atom is 0.123 e. The second-order valence-electron chi connectivity index (χ2n) is 7.35. The standard InChI is InChI=1S/C20H22FN3/c1-12(13-4-6-15(21)7-5-13)24-20(2,3)18-9-8-17-19(23-18)16-10-14(16)11-22-17/h4-9,14,16,22,24H,1,10-11H2,2-3H3. The highest BCUT2D eigenvalue weighted by molar-refractivity contribution is 5.62. The maximum atomic E-state index is 13.1. The van der Waals surface area contributed by atoms with Gasteiger partial charge in [0.15, 0.2) is 0 Å². The van der Waals surface area contributed by atoms with Crippen molar-refractivity contribution in [3.8, 4) is 0 Å². The molecule has 0 radical (unpaired) electrons. The first-order chi connectivity index (χ1) is 11.4. The van der Waals surface area contributed by atoms with Crippen LogP contribution < -0.4 is 10.6 Å². The Morgan fingerprint density at radius 1 is 1.25 bits per heavy atom. The molecule has 124 valence electrons. The fourth-order valence-electron chi connectivity index (χ4n) is 3.47. The third-order valence-electron chi connectivity index (χ3n) is 5.05. The van der Waals surface area contributed by atoms with Gasteiger partial charge in [-0.3, -0.25) is 4.98 Å². The summed E-state index contributed by atoms with van der Waals surface area (Å²) in [5.74, 6) is 1.14. The molecule has 2 atom stereocenters. The minimum atomic E-state index is -0.359. The van der Waals surface area contributed by atoms with Crippen LogP contribution in [0, 0.1) is 11.7 Å². The Hall–Kier alpha value is -2.36. The quantitative estimate of drug-likeness (QED) is 0.883. The lowest BCUT2D eigenvalue weighted by Gasteiger charge is -2.30. The molecule has 0 spiro atoms. The summed E-state index contributed by atoms with van der Waals surface area (Å²) >= 11 is 0. The molecule has 4 heteroatoms. The first-order valence-electron chi connectivity index (χ1n) is 8.42. The Balaban J connectivity index is 1.57. The van der Waals surface area contributed by atoms with Crippen LogP contribution in [-0.2, 0) is 5.54 Å². The van der Waals surface area contributed by atoms with E-state index in [4.69, 9.17) is 4.98 Å². The molecule has 1 saturated carbocycles. The van der Waals surface area contributed by atoms with Crippen LogP contribution in [0.25, 0.3) is 5.70 Å². The Morgan fingerprint density at radius 2 is 2.00 bits per heavy atom. The average Bonchev–Trinajstić information content (AvgIpc) is 3.34. The summed E-state index contributed by atoms with van der Waals surface area (Å²) in [5, 5.41) is 6.91. The Labute approximate surface area is 142 Å². The van der Waals surface area contributed by atoms with Crippen molar-refractivity contribution in [2.75, 3.05) is 11.9 Å². The fraction of sp³-hybridized carbons (Fsp3) is 0.350. The van der Waals surface area contributed by atoms with Gasteiger partial charge in [-0.25, -0.2) is 4.39 Å². The summed E-state index contributed by atoms with van der Waals surface area (Å²) in [6.07, 6.45) is 1.24. The highest BCUT2D eigenvalue weighted by atomic mass is 19.1. The number of rotatable bonds is 4. The van der Waals surface area contributed by atoms with Crippen LogP contribution in [0.1, 0.15) is 43.1 Å². The summed E-state index contributed by atoms with van der Waals surface area (Å²) < 4.78 is 13.1. The zero-order valence-electron chi connectivity index (χ0n) is 14.1. The van der Waals surface area contributed by atoms with Crippen LogP contribution in [0.4, 0.5) is 10.1 Å². The lowest BCUT2D eigenvalue weighted by Crippen LogP contribution is -2.36. The van der Waals surface area contributed by atoms with E-state index >= 15 is 0 Å². The van der Waals surface area contributed by atoms with Crippen LogP contribution in [-0.4, -0.2) is 11.5 Å². The smallest absolute Gasteiger partial charge is 0.123 e. The van der Waals surface area contributed by atoms with E-state index in [0.717, 1.165) is 29.4 Å². The zero-order chi connectivity index (χ0) is 16.9. The first-order valence-corrected chi connectivity index (χ1v) is 8.42. The van der Waals surface area contributed by atoms with Gasteiger partial charge in [0.1, 0.15) is 5.82 Å². The number of nitrogens with zero attached hydrogens (tertiary/aromatic N) is 1. The van der Waals surface area contributed by atoms with E-state index in [2.05, 4.69) is 43.2 Å². The molecule has 1 aromatic carbocycles. The van der Waals surface area contributed by atoms with E-state index < -0.39 is 0 Å². The van der Waals surface area contributed by atoms with Crippen LogP contribution in [0.15, 0.2) is 43.0 Å². The number of benzene rings is 1. The van der Waals surface area contributed by atoms with Crippen molar-refractivity contribution in [3.63, 3.8) is 0 Å². The number of pyridine rings is 1. The predicted octanol–water partition coefficient (Wildman–Crippen LogP) is 4.25. The normalized spacial score (nSPS) is 21.3.